The summed E-state index contributed by atoms with van der Waals surface area (Å²) in [6, 6.07) is 1.40. The number of rotatable bonds is 8. The second kappa shape index (κ2) is 7.77. The van der Waals surface area contributed by atoms with Gasteiger partial charge in [0.2, 0.25) is 0 Å². The number of carboxylic acids is 1. The van der Waals surface area contributed by atoms with Crippen molar-refractivity contribution in [1.82, 2.24) is 4.57 Å². The van der Waals surface area contributed by atoms with Crippen LogP contribution < -0.4 is 5.43 Å². The number of aryl methyl sites for hydroxylation is 2. The van der Waals surface area contributed by atoms with Crippen LogP contribution in [0.25, 0.3) is 0 Å². The number of aromatic nitrogens is 1. The number of aromatic carboxylic acids is 1. The molecule has 0 aliphatic rings. The predicted molar refractivity (Wildman–Crippen MR) is 75.8 cm³/mol. The van der Waals surface area contributed by atoms with E-state index < -0.39 is 11.4 Å². The van der Waals surface area contributed by atoms with Gasteiger partial charge in [-0.05, 0) is 13.3 Å². The highest BCUT2D eigenvalue weighted by molar-refractivity contribution is 5.87. The Labute approximate surface area is 114 Å². The summed E-state index contributed by atoms with van der Waals surface area (Å²) < 4.78 is 1.87. The zero-order chi connectivity index (χ0) is 14.3. The zero-order valence-corrected chi connectivity index (χ0v) is 11.8. The predicted octanol–water partition coefficient (Wildman–Crippen LogP) is 3.22. The summed E-state index contributed by atoms with van der Waals surface area (Å²) in [5.74, 6) is -1.15. The van der Waals surface area contributed by atoms with Crippen molar-refractivity contribution >= 4 is 5.97 Å². The van der Waals surface area contributed by atoms with Crippen LogP contribution in [-0.4, -0.2) is 15.6 Å². The highest BCUT2D eigenvalue weighted by atomic mass is 16.4. The third kappa shape index (κ3) is 4.89. The van der Waals surface area contributed by atoms with Gasteiger partial charge in [0.1, 0.15) is 5.56 Å². The average Bonchev–Trinajstić information content (AvgIpc) is 2.35. The van der Waals surface area contributed by atoms with Crippen molar-refractivity contribution in [2.45, 2.75) is 58.9 Å². The summed E-state index contributed by atoms with van der Waals surface area (Å²) >= 11 is 0. The molecule has 0 saturated carbocycles. The Morgan fingerprint density at radius 1 is 1.21 bits per heavy atom. The Morgan fingerprint density at radius 3 is 2.47 bits per heavy atom. The van der Waals surface area contributed by atoms with Crippen molar-refractivity contribution in [2.24, 2.45) is 0 Å². The van der Waals surface area contributed by atoms with E-state index in [0.29, 0.717) is 0 Å². The van der Waals surface area contributed by atoms with Crippen molar-refractivity contribution in [3.63, 3.8) is 0 Å². The van der Waals surface area contributed by atoms with Crippen LogP contribution in [0.4, 0.5) is 0 Å². The molecule has 1 aromatic heterocycles. The van der Waals surface area contributed by atoms with E-state index in [0.717, 1.165) is 25.1 Å². The molecular weight excluding hydrogens is 242 g/mol. The summed E-state index contributed by atoms with van der Waals surface area (Å²) in [5, 5.41) is 8.94. The number of nitrogens with zero attached hydrogens (tertiary/aromatic N) is 1. The smallest absolute Gasteiger partial charge is 0.341 e. The Balaban J connectivity index is 2.56. The molecule has 0 bridgehead atoms. The molecule has 0 atom stereocenters. The van der Waals surface area contributed by atoms with Gasteiger partial charge in [0.05, 0.1) is 0 Å². The lowest BCUT2D eigenvalue weighted by atomic mass is 10.1. The quantitative estimate of drug-likeness (QED) is 0.734. The van der Waals surface area contributed by atoms with Crippen molar-refractivity contribution in [1.29, 1.82) is 0 Å². The molecule has 19 heavy (non-hydrogen) atoms. The van der Waals surface area contributed by atoms with Crippen molar-refractivity contribution in [3.8, 4) is 0 Å². The van der Waals surface area contributed by atoms with E-state index in [1.165, 1.54) is 37.9 Å². The summed E-state index contributed by atoms with van der Waals surface area (Å²) in [5.41, 5.74) is 0.268. The minimum absolute atomic E-state index is 0.142. The molecule has 0 aliphatic heterocycles. The zero-order valence-electron chi connectivity index (χ0n) is 11.8. The normalized spacial score (nSPS) is 10.6. The van der Waals surface area contributed by atoms with E-state index in [4.69, 9.17) is 5.11 Å². The van der Waals surface area contributed by atoms with E-state index in [9.17, 15) is 9.59 Å². The van der Waals surface area contributed by atoms with Crippen molar-refractivity contribution in [3.05, 3.63) is 33.7 Å². The van der Waals surface area contributed by atoms with Crippen molar-refractivity contribution < 1.29 is 9.90 Å². The maximum atomic E-state index is 11.5. The fraction of sp³-hybridized carbons (Fsp3) is 0.600. The first-order chi connectivity index (χ1) is 9.06. The summed E-state index contributed by atoms with van der Waals surface area (Å²) in [4.78, 5) is 22.4. The van der Waals surface area contributed by atoms with Gasteiger partial charge in [0.15, 0.2) is 5.43 Å². The van der Waals surface area contributed by atoms with Crippen LogP contribution in [-0.2, 0) is 6.54 Å². The number of carboxylic acid groups (broad SMARTS) is 1. The molecule has 0 saturated heterocycles. The summed E-state index contributed by atoms with van der Waals surface area (Å²) in [7, 11) is 0. The number of pyridine rings is 1. The van der Waals surface area contributed by atoms with Gasteiger partial charge in [-0.1, -0.05) is 39.0 Å². The second-order valence-corrected chi connectivity index (χ2v) is 4.96. The van der Waals surface area contributed by atoms with Crippen molar-refractivity contribution in [2.75, 3.05) is 0 Å². The lowest BCUT2D eigenvalue weighted by Gasteiger charge is -2.11. The van der Waals surface area contributed by atoms with Crippen LogP contribution in [0, 0.1) is 6.92 Å². The standard InChI is InChI=1S/C15H23NO3/c1-3-4-5-6-7-8-9-16-11-13(15(18)19)14(17)10-12(16)2/h10-11H,3-9H2,1-2H3,(H,18,19). The minimum Gasteiger partial charge on any atom is -0.477 e. The van der Waals surface area contributed by atoms with Gasteiger partial charge >= 0.3 is 5.97 Å². The first-order valence-corrected chi connectivity index (χ1v) is 7.00. The molecule has 1 aromatic rings. The minimum atomic E-state index is -1.15. The maximum Gasteiger partial charge on any atom is 0.341 e. The molecular formula is C15H23NO3. The Bertz CT molecular complexity index is 477. The van der Waals surface area contributed by atoms with E-state index in [2.05, 4.69) is 6.92 Å². The van der Waals surface area contributed by atoms with Crippen LogP contribution >= 0.6 is 0 Å². The molecule has 0 unspecified atom stereocenters. The molecule has 1 rings (SSSR count). The topological polar surface area (TPSA) is 59.3 Å². The molecule has 0 spiro atoms. The first kappa shape index (κ1) is 15.5. The van der Waals surface area contributed by atoms with Crippen LogP contribution in [0.2, 0.25) is 0 Å². The maximum absolute atomic E-state index is 11.5. The molecule has 0 aliphatic carbocycles. The van der Waals surface area contributed by atoms with Gasteiger partial charge in [0, 0.05) is 24.5 Å². The van der Waals surface area contributed by atoms with Crippen LogP contribution in [0.5, 0.6) is 0 Å². The van der Waals surface area contributed by atoms with Gasteiger partial charge in [0.25, 0.3) is 0 Å². The Kier molecular flexibility index (Phi) is 6.33. The van der Waals surface area contributed by atoms with Crippen LogP contribution in [0.15, 0.2) is 17.1 Å². The van der Waals surface area contributed by atoms with Gasteiger partial charge in [-0.2, -0.15) is 0 Å². The van der Waals surface area contributed by atoms with E-state index in [1.54, 1.807) is 0 Å². The van der Waals surface area contributed by atoms with Gasteiger partial charge in [-0.3, -0.25) is 4.79 Å². The van der Waals surface area contributed by atoms with Crippen LogP contribution in [0.3, 0.4) is 0 Å². The lowest BCUT2D eigenvalue weighted by molar-refractivity contribution is 0.0694. The molecule has 0 radical (unpaired) electrons. The SMILES string of the molecule is CCCCCCCCn1cc(C(=O)O)c(=O)cc1C. The molecule has 0 fully saturated rings. The monoisotopic (exact) mass is 265 g/mol. The Morgan fingerprint density at radius 2 is 1.84 bits per heavy atom. The van der Waals surface area contributed by atoms with Crippen LogP contribution in [0.1, 0.15) is 61.5 Å². The number of unbranched alkanes of at least 4 members (excludes halogenated alkanes) is 5. The molecule has 4 heteroatoms. The fourth-order valence-electron chi connectivity index (χ4n) is 2.14. The second-order valence-electron chi connectivity index (χ2n) is 4.96. The van der Waals surface area contributed by atoms with Gasteiger partial charge in [-0.25, -0.2) is 4.79 Å². The Hall–Kier alpha value is -1.58. The first-order valence-electron chi connectivity index (χ1n) is 7.00. The van der Waals surface area contributed by atoms with E-state index in [1.807, 2.05) is 11.5 Å². The summed E-state index contributed by atoms with van der Waals surface area (Å²) in [6.07, 6.45) is 8.63. The van der Waals surface area contributed by atoms with Gasteiger partial charge in [-0.15, -0.1) is 0 Å². The molecule has 1 heterocycles. The largest absolute Gasteiger partial charge is 0.477 e. The average molecular weight is 265 g/mol. The fourth-order valence-corrected chi connectivity index (χ4v) is 2.14. The lowest BCUT2D eigenvalue weighted by Crippen LogP contribution is -2.19. The molecule has 106 valence electrons. The number of hydrogen-bond acceptors (Lipinski definition) is 2. The molecule has 0 aromatic carbocycles. The third-order valence-corrected chi connectivity index (χ3v) is 3.33. The molecule has 0 amide bonds. The highest BCUT2D eigenvalue weighted by Crippen LogP contribution is 2.08. The summed E-state index contributed by atoms with van der Waals surface area (Å²) in [6.45, 7) is 4.81. The molecule has 4 nitrogen and oxygen atoms in total. The number of carbonyl (C=O) groups is 1. The number of hydrogen-bond donors (Lipinski definition) is 1. The molecule has 1 N–H and O–H groups in total. The highest BCUT2D eigenvalue weighted by Gasteiger charge is 2.10. The van der Waals surface area contributed by atoms with E-state index >= 15 is 0 Å². The third-order valence-electron chi connectivity index (χ3n) is 3.33. The van der Waals surface area contributed by atoms with E-state index in [-0.39, 0.29) is 5.56 Å². The van der Waals surface area contributed by atoms with Gasteiger partial charge < -0.3 is 9.67 Å².